The highest BCUT2D eigenvalue weighted by Crippen LogP contribution is 2.02. The standard InChI is InChI=1S/C9H21NO3S/c1-4-6-8-10(9-7-5-2)13-14(3,11)12/h4-9H2,1-3H3. The van der Waals surface area contributed by atoms with Crippen molar-refractivity contribution in [1.82, 2.24) is 5.06 Å². The first kappa shape index (κ1) is 13.9. The zero-order chi connectivity index (χ0) is 11.0. The van der Waals surface area contributed by atoms with Gasteiger partial charge in [-0.25, -0.2) is 0 Å². The summed E-state index contributed by atoms with van der Waals surface area (Å²) in [5.41, 5.74) is 0. The lowest BCUT2D eigenvalue weighted by Gasteiger charge is -2.19. The van der Waals surface area contributed by atoms with Crippen molar-refractivity contribution in [2.45, 2.75) is 39.5 Å². The van der Waals surface area contributed by atoms with E-state index in [2.05, 4.69) is 13.8 Å². The van der Waals surface area contributed by atoms with E-state index in [0.717, 1.165) is 31.9 Å². The average Bonchev–Trinajstić information content (AvgIpc) is 2.07. The third kappa shape index (κ3) is 8.47. The van der Waals surface area contributed by atoms with Crippen LogP contribution in [0.1, 0.15) is 39.5 Å². The maximum Gasteiger partial charge on any atom is 0.280 e. The Morgan fingerprint density at radius 1 is 1.07 bits per heavy atom. The summed E-state index contributed by atoms with van der Waals surface area (Å²) in [6.07, 6.45) is 5.07. The number of hydroxylamine groups is 2. The largest absolute Gasteiger partial charge is 0.280 e. The molecular formula is C9H21NO3S. The number of nitrogens with zero attached hydrogens (tertiary/aromatic N) is 1. The van der Waals surface area contributed by atoms with Gasteiger partial charge in [-0.3, -0.25) is 0 Å². The lowest BCUT2D eigenvalue weighted by Crippen LogP contribution is -2.29. The Balaban J connectivity index is 3.96. The second-order valence-corrected chi connectivity index (χ2v) is 4.97. The molecule has 14 heavy (non-hydrogen) atoms. The lowest BCUT2D eigenvalue weighted by atomic mass is 10.3. The fourth-order valence-corrected chi connectivity index (χ4v) is 1.58. The Morgan fingerprint density at radius 2 is 1.50 bits per heavy atom. The number of hydrogen-bond donors (Lipinski definition) is 0. The van der Waals surface area contributed by atoms with E-state index in [0.29, 0.717) is 13.1 Å². The van der Waals surface area contributed by atoms with Crippen LogP contribution in [0.3, 0.4) is 0 Å². The Labute approximate surface area is 87.3 Å². The number of unbranched alkanes of at least 4 members (excludes halogenated alkanes) is 2. The van der Waals surface area contributed by atoms with Crippen molar-refractivity contribution < 1.29 is 12.7 Å². The van der Waals surface area contributed by atoms with Crippen LogP contribution in [-0.2, 0) is 14.4 Å². The van der Waals surface area contributed by atoms with E-state index in [9.17, 15) is 8.42 Å². The van der Waals surface area contributed by atoms with Crippen molar-refractivity contribution in [1.29, 1.82) is 0 Å². The van der Waals surface area contributed by atoms with Gasteiger partial charge in [-0.2, -0.15) is 17.8 Å². The summed E-state index contributed by atoms with van der Waals surface area (Å²) < 4.78 is 26.7. The van der Waals surface area contributed by atoms with Crippen LogP contribution in [0.4, 0.5) is 0 Å². The van der Waals surface area contributed by atoms with Crippen LogP contribution < -0.4 is 0 Å². The molecular weight excluding hydrogens is 202 g/mol. The fraction of sp³-hybridized carbons (Fsp3) is 1.00. The van der Waals surface area contributed by atoms with E-state index in [1.165, 1.54) is 0 Å². The lowest BCUT2D eigenvalue weighted by molar-refractivity contribution is -0.0523. The van der Waals surface area contributed by atoms with Crippen molar-refractivity contribution in [2.75, 3.05) is 19.3 Å². The van der Waals surface area contributed by atoms with Gasteiger partial charge in [0.15, 0.2) is 0 Å². The van der Waals surface area contributed by atoms with Crippen LogP contribution >= 0.6 is 0 Å². The zero-order valence-electron chi connectivity index (χ0n) is 9.32. The van der Waals surface area contributed by atoms with Crippen LogP contribution in [0.5, 0.6) is 0 Å². The molecule has 0 aromatic heterocycles. The molecule has 0 aromatic carbocycles. The topological polar surface area (TPSA) is 46.6 Å². The summed E-state index contributed by atoms with van der Waals surface area (Å²) in [6, 6.07) is 0. The van der Waals surface area contributed by atoms with Crippen LogP contribution in [0.2, 0.25) is 0 Å². The molecule has 0 fully saturated rings. The summed E-state index contributed by atoms with van der Waals surface area (Å²) in [5.74, 6) is 0. The van der Waals surface area contributed by atoms with Gasteiger partial charge in [0.05, 0.1) is 6.26 Å². The normalized spacial score (nSPS) is 12.3. The van der Waals surface area contributed by atoms with Gasteiger partial charge in [-0.1, -0.05) is 26.7 Å². The van der Waals surface area contributed by atoms with Gasteiger partial charge in [0, 0.05) is 13.1 Å². The molecule has 0 saturated heterocycles. The van der Waals surface area contributed by atoms with Crippen molar-refractivity contribution in [2.24, 2.45) is 0 Å². The molecule has 0 atom stereocenters. The van der Waals surface area contributed by atoms with Crippen molar-refractivity contribution in [3.63, 3.8) is 0 Å². The van der Waals surface area contributed by atoms with Gasteiger partial charge in [0.1, 0.15) is 0 Å². The highest BCUT2D eigenvalue weighted by molar-refractivity contribution is 7.85. The fourth-order valence-electron chi connectivity index (χ4n) is 1.05. The summed E-state index contributed by atoms with van der Waals surface area (Å²) >= 11 is 0. The van der Waals surface area contributed by atoms with Gasteiger partial charge in [0.2, 0.25) is 0 Å². The summed E-state index contributed by atoms with van der Waals surface area (Å²) in [7, 11) is -3.36. The molecule has 0 aliphatic heterocycles. The van der Waals surface area contributed by atoms with Crippen molar-refractivity contribution in [3.05, 3.63) is 0 Å². The van der Waals surface area contributed by atoms with Crippen molar-refractivity contribution in [3.8, 4) is 0 Å². The predicted octanol–water partition coefficient (Wildman–Crippen LogP) is 1.78. The van der Waals surface area contributed by atoms with E-state index < -0.39 is 10.1 Å². The Kier molecular flexibility index (Phi) is 7.13. The van der Waals surface area contributed by atoms with Gasteiger partial charge in [0.25, 0.3) is 10.1 Å². The molecule has 5 heteroatoms. The molecule has 4 nitrogen and oxygen atoms in total. The number of hydrogen-bond acceptors (Lipinski definition) is 4. The van der Waals surface area contributed by atoms with Crippen LogP contribution in [0, 0.1) is 0 Å². The van der Waals surface area contributed by atoms with E-state index in [4.69, 9.17) is 4.28 Å². The molecule has 86 valence electrons. The molecule has 0 radical (unpaired) electrons. The minimum absolute atomic E-state index is 0.684. The minimum atomic E-state index is -3.36. The molecule has 0 aromatic rings. The summed E-state index contributed by atoms with van der Waals surface area (Å²) in [4.78, 5) is 0. The van der Waals surface area contributed by atoms with Crippen molar-refractivity contribution >= 4 is 10.1 Å². The second-order valence-electron chi connectivity index (χ2n) is 3.41. The highest BCUT2D eigenvalue weighted by Gasteiger charge is 2.11. The third-order valence-corrected chi connectivity index (χ3v) is 2.24. The summed E-state index contributed by atoms with van der Waals surface area (Å²) in [6.45, 7) is 5.50. The zero-order valence-corrected chi connectivity index (χ0v) is 10.1. The van der Waals surface area contributed by atoms with Crippen LogP contribution in [-0.4, -0.2) is 32.8 Å². The first-order valence-electron chi connectivity index (χ1n) is 5.14. The maximum atomic E-state index is 10.9. The van der Waals surface area contributed by atoms with E-state index in [-0.39, 0.29) is 0 Å². The van der Waals surface area contributed by atoms with E-state index in [1.807, 2.05) is 0 Å². The Bertz CT molecular complexity index is 218. The SMILES string of the molecule is CCCCN(CCCC)OS(C)(=O)=O. The van der Waals surface area contributed by atoms with Crippen LogP contribution in [0.15, 0.2) is 0 Å². The Hall–Kier alpha value is -0.130. The molecule has 0 amide bonds. The molecule has 0 rings (SSSR count). The quantitative estimate of drug-likeness (QED) is 0.588. The molecule has 0 aliphatic rings. The Morgan fingerprint density at radius 3 is 1.79 bits per heavy atom. The molecule has 0 aliphatic carbocycles. The van der Waals surface area contributed by atoms with Gasteiger partial charge in [-0.05, 0) is 12.8 Å². The molecule has 0 unspecified atom stereocenters. The third-order valence-electron chi connectivity index (χ3n) is 1.76. The minimum Gasteiger partial charge on any atom is -0.198 e. The second kappa shape index (κ2) is 7.20. The molecule has 0 heterocycles. The van der Waals surface area contributed by atoms with E-state index >= 15 is 0 Å². The van der Waals surface area contributed by atoms with Gasteiger partial charge in [-0.15, -0.1) is 0 Å². The van der Waals surface area contributed by atoms with Gasteiger partial charge < -0.3 is 0 Å². The van der Waals surface area contributed by atoms with Gasteiger partial charge >= 0.3 is 0 Å². The first-order chi connectivity index (χ1) is 6.49. The number of rotatable bonds is 8. The molecule has 0 N–H and O–H groups in total. The predicted molar refractivity (Wildman–Crippen MR) is 57.3 cm³/mol. The van der Waals surface area contributed by atoms with Crippen LogP contribution in [0.25, 0.3) is 0 Å². The first-order valence-corrected chi connectivity index (χ1v) is 6.95. The average molecular weight is 223 g/mol. The monoisotopic (exact) mass is 223 g/mol. The molecule has 0 bridgehead atoms. The highest BCUT2D eigenvalue weighted by atomic mass is 32.2. The molecule has 0 saturated carbocycles. The van der Waals surface area contributed by atoms with E-state index in [1.54, 1.807) is 5.06 Å². The molecule has 0 spiro atoms. The maximum absolute atomic E-state index is 10.9. The smallest absolute Gasteiger partial charge is 0.198 e. The summed E-state index contributed by atoms with van der Waals surface area (Å²) in [5, 5.41) is 1.54.